The first kappa shape index (κ1) is 21.2. The summed E-state index contributed by atoms with van der Waals surface area (Å²) in [6, 6.07) is 5.93. The molecule has 1 saturated carbocycles. The van der Waals surface area contributed by atoms with Gasteiger partial charge in [-0.3, -0.25) is 4.79 Å². The molecule has 10 heteroatoms. The Labute approximate surface area is 181 Å². The Morgan fingerprint density at radius 1 is 1.19 bits per heavy atom. The standard InChI is InChI=1S/C21H20F3N5OS/c1-2-8-31-29-15-9-14(22)16(23)19(17(15)24)28-21(30)13-5-3-4-12-18(13)25-10-26-20(12)27-11-6-7-11/h3-5,9-11,29H,2,6-8H2,1H3,(H,28,30)(H,25,26,27). The minimum atomic E-state index is -1.47. The van der Waals surface area contributed by atoms with Crippen LogP contribution in [0, 0.1) is 17.5 Å². The van der Waals surface area contributed by atoms with Gasteiger partial charge in [-0.2, -0.15) is 0 Å². The van der Waals surface area contributed by atoms with Crippen molar-refractivity contribution in [2.24, 2.45) is 0 Å². The molecule has 1 amide bonds. The molecular weight excluding hydrogens is 427 g/mol. The molecule has 3 N–H and O–H groups in total. The number of nitrogens with one attached hydrogen (secondary N) is 3. The van der Waals surface area contributed by atoms with Crippen LogP contribution < -0.4 is 15.4 Å². The Hall–Kier alpha value is -3.01. The van der Waals surface area contributed by atoms with Crippen LogP contribution in [0.5, 0.6) is 0 Å². The number of hydrogen-bond donors (Lipinski definition) is 3. The van der Waals surface area contributed by atoms with Crippen LogP contribution in [0.4, 0.5) is 30.4 Å². The third-order valence-electron chi connectivity index (χ3n) is 4.71. The first-order valence-electron chi connectivity index (χ1n) is 9.86. The molecule has 0 atom stereocenters. The summed E-state index contributed by atoms with van der Waals surface area (Å²) in [4.78, 5) is 21.3. The Kier molecular flexibility index (Phi) is 6.17. The van der Waals surface area contributed by atoms with Crippen molar-refractivity contribution in [2.75, 3.05) is 21.1 Å². The summed E-state index contributed by atoms with van der Waals surface area (Å²) in [5.41, 5.74) is -0.681. The molecule has 162 valence electrons. The summed E-state index contributed by atoms with van der Waals surface area (Å²) in [5.74, 6) is -3.40. The van der Waals surface area contributed by atoms with E-state index in [1.165, 1.54) is 12.4 Å². The number of nitrogens with zero attached hydrogens (tertiary/aromatic N) is 2. The minimum absolute atomic E-state index is 0.0941. The van der Waals surface area contributed by atoms with Crippen LogP contribution in [-0.2, 0) is 0 Å². The molecule has 6 nitrogen and oxygen atoms in total. The lowest BCUT2D eigenvalue weighted by Gasteiger charge is -2.14. The van der Waals surface area contributed by atoms with E-state index in [1.807, 2.05) is 6.92 Å². The second-order valence-corrected chi connectivity index (χ2v) is 8.06. The monoisotopic (exact) mass is 447 g/mol. The molecule has 1 aliphatic carbocycles. The zero-order valence-corrected chi connectivity index (χ0v) is 17.5. The Morgan fingerprint density at radius 3 is 2.74 bits per heavy atom. The van der Waals surface area contributed by atoms with Gasteiger partial charge in [0.05, 0.1) is 16.8 Å². The van der Waals surface area contributed by atoms with Crippen molar-refractivity contribution in [3.05, 3.63) is 53.6 Å². The third-order valence-corrected chi connectivity index (χ3v) is 5.69. The molecule has 0 unspecified atom stereocenters. The molecule has 0 aliphatic heterocycles. The van der Waals surface area contributed by atoms with E-state index in [2.05, 4.69) is 25.3 Å². The molecule has 0 saturated heterocycles. The van der Waals surface area contributed by atoms with Crippen LogP contribution in [0.1, 0.15) is 36.5 Å². The summed E-state index contributed by atoms with van der Waals surface area (Å²) >= 11 is 1.16. The van der Waals surface area contributed by atoms with Crippen molar-refractivity contribution in [1.82, 2.24) is 9.97 Å². The Balaban J connectivity index is 1.66. The predicted octanol–water partition coefficient (Wildman–Crippen LogP) is 5.34. The molecule has 0 bridgehead atoms. The molecule has 1 aromatic heterocycles. The Bertz CT molecular complexity index is 1140. The predicted molar refractivity (Wildman–Crippen MR) is 117 cm³/mol. The average molecular weight is 447 g/mol. The zero-order chi connectivity index (χ0) is 22.0. The van der Waals surface area contributed by atoms with Crippen LogP contribution in [-0.4, -0.2) is 27.7 Å². The number of carbonyl (C=O) groups excluding carboxylic acids is 1. The molecule has 0 spiro atoms. The van der Waals surface area contributed by atoms with E-state index in [1.54, 1.807) is 12.1 Å². The number of benzene rings is 2. The fourth-order valence-electron chi connectivity index (χ4n) is 3.01. The van der Waals surface area contributed by atoms with Crippen molar-refractivity contribution in [3.8, 4) is 0 Å². The fraction of sp³-hybridized carbons (Fsp3) is 0.286. The van der Waals surface area contributed by atoms with E-state index in [-0.39, 0.29) is 11.3 Å². The summed E-state index contributed by atoms with van der Waals surface area (Å²) in [6.45, 7) is 1.93. The Morgan fingerprint density at radius 2 is 2.00 bits per heavy atom. The van der Waals surface area contributed by atoms with Crippen molar-refractivity contribution >= 4 is 46.0 Å². The number of aromatic nitrogens is 2. The molecular formula is C21H20F3N5OS. The topological polar surface area (TPSA) is 78.9 Å². The molecule has 3 aromatic rings. The van der Waals surface area contributed by atoms with E-state index < -0.39 is 29.0 Å². The summed E-state index contributed by atoms with van der Waals surface area (Å²) in [6.07, 6.45) is 4.21. The van der Waals surface area contributed by atoms with E-state index in [0.717, 1.165) is 37.3 Å². The molecule has 2 aromatic carbocycles. The highest BCUT2D eigenvalue weighted by Gasteiger charge is 2.25. The quantitative estimate of drug-likeness (QED) is 0.246. The smallest absolute Gasteiger partial charge is 0.258 e. The van der Waals surface area contributed by atoms with Gasteiger partial charge in [0, 0.05) is 23.2 Å². The molecule has 1 aliphatic rings. The van der Waals surface area contributed by atoms with Gasteiger partial charge in [-0.1, -0.05) is 24.9 Å². The van der Waals surface area contributed by atoms with Gasteiger partial charge in [0.1, 0.15) is 17.8 Å². The van der Waals surface area contributed by atoms with Crippen LogP contribution in [0.2, 0.25) is 0 Å². The number of para-hydroxylation sites is 1. The molecule has 1 fully saturated rings. The average Bonchev–Trinajstić information content (AvgIpc) is 3.58. The largest absolute Gasteiger partial charge is 0.367 e. The van der Waals surface area contributed by atoms with E-state index in [9.17, 15) is 18.0 Å². The van der Waals surface area contributed by atoms with Gasteiger partial charge < -0.3 is 15.4 Å². The number of carbonyl (C=O) groups is 1. The van der Waals surface area contributed by atoms with Crippen LogP contribution in [0.3, 0.4) is 0 Å². The lowest BCUT2D eigenvalue weighted by atomic mass is 10.1. The molecule has 4 rings (SSSR count). The zero-order valence-electron chi connectivity index (χ0n) is 16.6. The SMILES string of the molecule is CCCSNc1cc(F)c(F)c(NC(=O)c2cccc3c(NC4CC4)ncnc23)c1F. The number of halogens is 3. The van der Waals surface area contributed by atoms with Crippen molar-refractivity contribution in [1.29, 1.82) is 0 Å². The number of amides is 1. The lowest BCUT2D eigenvalue weighted by molar-refractivity contribution is 0.102. The highest BCUT2D eigenvalue weighted by atomic mass is 32.2. The second kappa shape index (κ2) is 9.01. The van der Waals surface area contributed by atoms with Crippen molar-refractivity contribution in [2.45, 2.75) is 32.2 Å². The van der Waals surface area contributed by atoms with Crippen LogP contribution in [0.15, 0.2) is 30.6 Å². The summed E-state index contributed by atoms with van der Waals surface area (Å²) in [7, 11) is 0. The molecule has 1 heterocycles. The molecule has 0 radical (unpaired) electrons. The van der Waals surface area contributed by atoms with Gasteiger partial charge >= 0.3 is 0 Å². The van der Waals surface area contributed by atoms with E-state index in [4.69, 9.17) is 0 Å². The number of hydrogen-bond acceptors (Lipinski definition) is 6. The van der Waals surface area contributed by atoms with Gasteiger partial charge in [0.25, 0.3) is 5.91 Å². The van der Waals surface area contributed by atoms with Gasteiger partial charge in [-0.25, -0.2) is 23.1 Å². The maximum atomic E-state index is 14.8. The first-order chi connectivity index (χ1) is 15.0. The second-order valence-electron chi connectivity index (χ2n) is 7.16. The summed E-state index contributed by atoms with van der Waals surface area (Å²) in [5, 5.41) is 6.05. The normalized spacial score (nSPS) is 13.3. The van der Waals surface area contributed by atoms with Crippen molar-refractivity contribution in [3.63, 3.8) is 0 Å². The lowest BCUT2D eigenvalue weighted by Crippen LogP contribution is -2.17. The number of anilines is 3. The first-order valence-corrected chi connectivity index (χ1v) is 10.8. The van der Waals surface area contributed by atoms with Gasteiger partial charge in [0.2, 0.25) is 0 Å². The van der Waals surface area contributed by atoms with Gasteiger partial charge in [-0.15, -0.1) is 0 Å². The van der Waals surface area contributed by atoms with Crippen molar-refractivity contribution < 1.29 is 18.0 Å². The van der Waals surface area contributed by atoms with Crippen LogP contribution in [0.25, 0.3) is 10.9 Å². The van der Waals surface area contributed by atoms with Crippen LogP contribution >= 0.6 is 11.9 Å². The van der Waals surface area contributed by atoms with E-state index >= 15 is 0 Å². The fourth-order valence-corrected chi connectivity index (χ4v) is 3.62. The number of rotatable bonds is 8. The maximum absolute atomic E-state index is 14.8. The summed E-state index contributed by atoms with van der Waals surface area (Å²) < 4.78 is 45.8. The maximum Gasteiger partial charge on any atom is 0.258 e. The highest BCUT2D eigenvalue weighted by Crippen LogP contribution is 2.32. The third kappa shape index (κ3) is 4.53. The number of fused-ring (bicyclic) bond motifs is 1. The van der Waals surface area contributed by atoms with E-state index in [0.29, 0.717) is 28.5 Å². The minimum Gasteiger partial charge on any atom is -0.367 e. The highest BCUT2D eigenvalue weighted by molar-refractivity contribution is 8.00. The molecule has 31 heavy (non-hydrogen) atoms. The van der Waals surface area contributed by atoms with Gasteiger partial charge in [-0.05, 0) is 31.4 Å². The van der Waals surface area contributed by atoms with Gasteiger partial charge in [0.15, 0.2) is 17.5 Å².